The van der Waals surface area contributed by atoms with Crippen LogP contribution in [0, 0.1) is 0 Å². The first-order chi connectivity index (χ1) is 11.2. The van der Waals surface area contributed by atoms with Gasteiger partial charge in [-0.15, -0.1) is 0 Å². The number of hydrogen-bond acceptors (Lipinski definition) is 2. The summed E-state index contributed by atoms with van der Waals surface area (Å²) in [7, 11) is 0. The summed E-state index contributed by atoms with van der Waals surface area (Å²) in [6, 6.07) is 14.6. The third-order valence-electron chi connectivity index (χ3n) is 3.15. The van der Waals surface area contributed by atoms with Gasteiger partial charge in [0.2, 0.25) is 0 Å². The average Bonchev–Trinajstić information content (AvgIpc) is 2.63. The second-order valence-electron chi connectivity index (χ2n) is 4.43. The molecule has 1 atom stereocenters. The van der Waals surface area contributed by atoms with Gasteiger partial charge in [0.15, 0.2) is 0 Å². The number of allylic oxidation sites excluding steroid dienone is 2. The van der Waals surface area contributed by atoms with Crippen LogP contribution >= 0.6 is 0 Å². The van der Waals surface area contributed by atoms with E-state index in [2.05, 4.69) is 6.08 Å². The van der Waals surface area contributed by atoms with Crippen molar-refractivity contribution in [1.29, 1.82) is 0 Å². The first-order valence-electron chi connectivity index (χ1n) is 8.39. The second kappa shape index (κ2) is 12.5. The van der Waals surface area contributed by atoms with Gasteiger partial charge < -0.3 is 10.2 Å². The minimum atomic E-state index is -0.803. The molecule has 2 heteroatoms. The maximum Gasteiger partial charge on any atom is 0.121 e. The van der Waals surface area contributed by atoms with Crippen LogP contribution in [0.25, 0.3) is 0 Å². The minimum Gasteiger partial charge on any atom is -0.508 e. The molecule has 2 N–H and O–H groups in total. The molecule has 0 saturated heterocycles. The fourth-order valence-electron chi connectivity index (χ4n) is 2.12. The topological polar surface area (TPSA) is 40.5 Å². The summed E-state index contributed by atoms with van der Waals surface area (Å²) in [5.74, 6) is 0.121. The highest BCUT2D eigenvalue weighted by Crippen LogP contribution is 2.30. The minimum absolute atomic E-state index is 0.121. The van der Waals surface area contributed by atoms with Crippen LogP contribution < -0.4 is 0 Å². The molecule has 0 aliphatic heterocycles. The van der Waals surface area contributed by atoms with Crippen molar-refractivity contribution in [3.63, 3.8) is 0 Å². The van der Waals surface area contributed by atoms with Crippen LogP contribution in [0.5, 0.6) is 5.75 Å². The lowest BCUT2D eigenvalue weighted by Crippen LogP contribution is -2.03. The van der Waals surface area contributed by atoms with Crippen LogP contribution in [0.3, 0.4) is 0 Å². The number of benzene rings is 2. The van der Waals surface area contributed by atoms with Crippen molar-refractivity contribution in [3.8, 4) is 5.75 Å². The van der Waals surface area contributed by atoms with E-state index in [0.717, 1.165) is 17.5 Å². The Morgan fingerprint density at radius 2 is 1.39 bits per heavy atom. The summed E-state index contributed by atoms with van der Waals surface area (Å²) in [6.07, 6.45) is 4.01. The monoisotopic (exact) mass is 314 g/mol. The van der Waals surface area contributed by atoms with E-state index < -0.39 is 6.10 Å². The van der Waals surface area contributed by atoms with Crippen LogP contribution in [0.4, 0.5) is 0 Å². The first-order valence-corrected chi connectivity index (χ1v) is 8.39. The molecule has 0 radical (unpaired) electrons. The number of rotatable bonds is 4. The van der Waals surface area contributed by atoms with E-state index in [1.165, 1.54) is 0 Å². The van der Waals surface area contributed by atoms with Gasteiger partial charge in [0.05, 0.1) is 0 Å². The SMILES string of the molecule is C/C=C/Cc1ccccc1C(O)c1ccccc1O.CC.CC. The average molecular weight is 314 g/mol. The molecule has 0 aliphatic carbocycles. The summed E-state index contributed by atoms with van der Waals surface area (Å²) in [5, 5.41) is 20.3. The summed E-state index contributed by atoms with van der Waals surface area (Å²) < 4.78 is 0. The quantitative estimate of drug-likeness (QED) is 0.716. The molecule has 0 aliphatic rings. The Labute approximate surface area is 141 Å². The lowest BCUT2D eigenvalue weighted by Gasteiger charge is -2.16. The van der Waals surface area contributed by atoms with Crippen molar-refractivity contribution in [1.82, 2.24) is 0 Å². The van der Waals surface area contributed by atoms with Crippen molar-refractivity contribution in [3.05, 3.63) is 77.4 Å². The van der Waals surface area contributed by atoms with Crippen LogP contribution in [0.15, 0.2) is 60.7 Å². The lowest BCUT2D eigenvalue weighted by atomic mass is 9.94. The summed E-state index contributed by atoms with van der Waals surface area (Å²) in [4.78, 5) is 0. The highest BCUT2D eigenvalue weighted by atomic mass is 16.3. The fraction of sp³-hybridized carbons (Fsp3) is 0.333. The summed E-state index contributed by atoms with van der Waals surface area (Å²) in [6.45, 7) is 9.97. The van der Waals surface area contributed by atoms with E-state index in [9.17, 15) is 10.2 Å². The van der Waals surface area contributed by atoms with E-state index >= 15 is 0 Å². The van der Waals surface area contributed by atoms with Gasteiger partial charge >= 0.3 is 0 Å². The van der Waals surface area contributed by atoms with Crippen molar-refractivity contribution in [2.45, 2.75) is 47.1 Å². The molecule has 0 amide bonds. The van der Waals surface area contributed by atoms with E-state index in [0.29, 0.717) is 5.56 Å². The van der Waals surface area contributed by atoms with Crippen molar-refractivity contribution in [2.24, 2.45) is 0 Å². The zero-order valence-electron chi connectivity index (χ0n) is 15.0. The Bertz CT molecular complexity index is 574. The van der Waals surface area contributed by atoms with Gasteiger partial charge in [0.25, 0.3) is 0 Å². The van der Waals surface area contributed by atoms with Crippen molar-refractivity contribution < 1.29 is 10.2 Å². The largest absolute Gasteiger partial charge is 0.508 e. The van der Waals surface area contributed by atoms with E-state index in [-0.39, 0.29) is 5.75 Å². The standard InChI is InChI=1S/C17H18O2.2C2H6/c1-2-3-8-13-9-4-5-10-14(13)17(19)15-11-6-7-12-16(15)18;2*1-2/h2-7,9-12,17-19H,8H2,1H3;2*1-2H3/b3-2+;;. The predicted molar refractivity (Wildman–Crippen MR) is 99.8 cm³/mol. The van der Waals surface area contributed by atoms with Gasteiger partial charge in [0, 0.05) is 5.56 Å². The van der Waals surface area contributed by atoms with Gasteiger partial charge in [-0.05, 0) is 30.5 Å². The van der Waals surface area contributed by atoms with Gasteiger partial charge in [-0.25, -0.2) is 0 Å². The Morgan fingerprint density at radius 1 is 0.870 bits per heavy atom. The van der Waals surface area contributed by atoms with Gasteiger partial charge in [-0.1, -0.05) is 82.3 Å². The Morgan fingerprint density at radius 3 is 1.96 bits per heavy atom. The first kappa shape index (κ1) is 20.9. The molecule has 1 unspecified atom stereocenters. The molecule has 2 rings (SSSR count). The molecule has 0 saturated carbocycles. The normalized spacial score (nSPS) is 11.0. The highest BCUT2D eigenvalue weighted by molar-refractivity contribution is 5.42. The van der Waals surface area contributed by atoms with Gasteiger partial charge in [0.1, 0.15) is 11.9 Å². The fourth-order valence-corrected chi connectivity index (χ4v) is 2.12. The van der Waals surface area contributed by atoms with Crippen LogP contribution in [-0.2, 0) is 6.42 Å². The van der Waals surface area contributed by atoms with Gasteiger partial charge in [-0.3, -0.25) is 0 Å². The van der Waals surface area contributed by atoms with E-state index in [1.54, 1.807) is 18.2 Å². The zero-order chi connectivity index (χ0) is 17.7. The summed E-state index contributed by atoms with van der Waals surface area (Å²) >= 11 is 0. The van der Waals surface area contributed by atoms with Gasteiger partial charge in [-0.2, -0.15) is 0 Å². The Hall–Kier alpha value is -2.06. The van der Waals surface area contributed by atoms with E-state index in [4.69, 9.17) is 0 Å². The molecule has 0 aromatic heterocycles. The highest BCUT2D eigenvalue weighted by Gasteiger charge is 2.16. The van der Waals surface area contributed by atoms with E-state index in [1.807, 2.05) is 71.0 Å². The smallest absolute Gasteiger partial charge is 0.121 e. The number of aromatic hydroxyl groups is 1. The third-order valence-corrected chi connectivity index (χ3v) is 3.15. The molecule has 0 spiro atoms. The Kier molecular flexibility index (Phi) is 11.4. The van der Waals surface area contributed by atoms with Crippen LogP contribution in [0.1, 0.15) is 57.4 Å². The van der Waals surface area contributed by atoms with Crippen molar-refractivity contribution in [2.75, 3.05) is 0 Å². The van der Waals surface area contributed by atoms with Crippen LogP contribution in [0.2, 0.25) is 0 Å². The molecule has 2 nitrogen and oxygen atoms in total. The zero-order valence-corrected chi connectivity index (χ0v) is 15.0. The second-order valence-corrected chi connectivity index (χ2v) is 4.43. The molecule has 23 heavy (non-hydrogen) atoms. The molecule has 126 valence electrons. The number of phenolic OH excluding ortho intramolecular Hbond substituents is 1. The molecule has 2 aromatic rings. The Balaban J connectivity index is 0.00000112. The number of aliphatic hydroxyl groups is 1. The molecular formula is C21H30O2. The lowest BCUT2D eigenvalue weighted by molar-refractivity contribution is 0.214. The predicted octanol–water partition coefficient (Wildman–Crippen LogP) is 5.64. The molecular weight excluding hydrogens is 284 g/mol. The van der Waals surface area contributed by atoms with Crippen molar-refractivity contribution >= 4 is 0 Å². The molecule has 0 fully saturated rings. The molecule has 0 bridgehead atoms. The maximum atomic E-state index is 10.5. The number of phenols is 1. The van der Waals surface area contributed by atoms with Crippen LogP contribution in [-0.4, -0.2) is 10.2 Å². The number of para-hydroxylation sites is 1. The number of aliphatic hydroxyl groups excluding tert-OH is 1. The maximum absolute atomic E-state index is 10.5. The number of hydrogen-bond donors (Lipinski definition) is 2. The molecule has 2 aromatic carbocycles. The molecule has 0 heterocycles. The summed E-state index contributed by atoms with van der Waals surface area (Å²) in [5.41, 5.74) is 2.44. The third kappa shape index (κ3) is 6.29.